The largest absolute Gasteiger partial charge is 0.486 e. The van der Waals surface area contributed by atoms with E-state index in [1.807, 2.05) is 31.3 Å². The zero-order valence-corrected chi connectivity index (χ0v) is 15.6. The van der Waals surface area contributed by atoms with Crippen LogP contribution in [-0.2, 0) is 12.7 Å². The van der Waals surface area contributed by atoms with Crippen molar-refractivity contribution < 1.29 is 22.6 Å². The van der Waals surface area contributed by atoms with Crippen LogP contribution in [0.15, 0.2) is 48.5 Å². The van der Waals surface area contributed by atoms with Crippen molar-refractivity contribution in [3.8, 4) is 11.5 Å². The van der Waals surface area contributed by atoms with Crippen molar-refractivity contribution in [2.24, 2.45) is 0 Å². The Kier molecular flexibility index (Phi) is 7.16. The number of alkyl halides is 3. The van der Waals surface area contributed by atoms with Crippen molar-refractivity contribution in [1.29, 1.82) is 0 Å². The summed E-state index contributed by atoms with van der Waals surface area (Å²) in [5, 5.41) is 0. The summed E-state index contributed by atoms with van der Waals surface area (Å²) in [6.07, 6.45) is -0.762. The molecule has 0 spiro atoms. The Balaban J connectivity index is 0.00000261. The summed E-state index contributed by atoms with van der Waals surface area (Å²) >= 11 is 0. The Morgan fingerprint density at radius 2 is 1.78 bits per heavy atom. The molecule has 0 fully saturated rings. The third kappa shape index (κ3) is 5.91. The molecule has 0 N–H and O–H groups in total. The molecule has 2 aromatic carbocycles. The molecule has 1 aliphatic heterocycles. The number of benzene rings is 2. The second-order valence-electron chi connectivity index (χ2n) is 6.20. The zero-order valence-electron chi connectivity index (χ0n) is 14.8. The first-order chi connectivity index (χ1) is 12.4. The van der Waals surface area contributed by atoms with E-state index < -0.39 is 11.7 Å². The predicted molar refractivity (Wildman–Crippen MR) is 101 cm³/mol. The van der Waals surface area contributed by atoms with Crippen molar-refractivity contribution in [2.75, 3.05) is 26.8 Å². The second-order valence-corrected chi connectivity index (χ2v) is 6.20. The third-order valence-corrected chi connectivity index (χ3v) is 4.00. The molecule has 0 aliphatic carbocycles. The van der Waals surface area contributed by atoms with Crippen molar-refractivity contribution in [3.05, 3.63) is 65.2 Å². The molecule has 0 radical (unpaired) electrons. The molecule has 0 saturated heterocycles. The first-order valence-corrected chi connectivity index (χ1v) is 8.33. The standard InChI is InChI=1S/C20H20F3NO2.ClH/c1-24(14-16-7-8-18-19(13-16)26-11-10-25-18)9-3-5-15-4-2-6-17(12-15)20(21,22)23;/h2-8,12-13H,9-11,14H2,1H3;1H/b5-3+;. The van der Waals surface area contributed by atoms with E-state index in [2.05, 4.69) is 4.90 Å². The molecule has 3 nitrogen and oxygen atoms in total. The molecule has 1 heterocycles. The lowest BCUT2D eigenvalue weighted by Crippen LogP contribution is -2.19. The normalized spacial score (nSPS) is 13.7. The van der Waals surface area contributed by atoms with Gasteiger partial charge in [-0.2, -0.15) is 13.2 Å². The van der Waals surface area contributed by atoms with Gasteiger partial charge in [0.05, 0.1) is 5.56 Å². The maximum absolute atomic E-state index is 12.7. The summed E-state index contributed by atoms with van der Waals surface area (Å²) < 4.78 is 49.3. The fourth-order valence-electron chi connectivity index (χ4n) is 2.75. The van der Waals surface area contributed by atoms with E-state index >= 15 is 0 Å². The number of ether oxygens (including phenoxy) is 2. The minimum Gasteiger partial charge on any atom is -0.486 e. The SMILES string of the molecule is CN(C/C=C/c1cccc(C(F)(F)F)c1)Cc1ccc2c(c1)OCCO2.Cl. The van der Waals surface area contributed by atoms with Gasteiger partial charge in [0.2, 0.25) is 0 Å². The average Bonchev–Trinajstić information content (AvgIpc) is 2.61. The van der Waals surface area contributed by atoms with Gasteiger partial charge in [0.1, 0.15) is 13.2 Å². The summed E-state index contributed by atoms with van der Waals surface area (Å²) in [5.74, 6) is 1.51. The van der Waals surface area contributed by atoms with E-state index in [1.165, 1.54) is 6.07 Å². The Morgan fingerprint density at radius 3 is 2.52 bits per heavy atom. The highest BCUT2D eigenvalue weighted by molar-refractivity contribution is 5.85. The highest BCUT2D eigenvalue weighted by atomic mass is 35.5. The van der Waals surface area contributed by atoms with Crippen LogP contribution in [-0.4, -0.2) is 31.7 Å². The molecule has 2 aromatic rings. The van der Waals surface area contributed by atoms with Crippen LogP contribution < -0.4 is 9.47 Å². The van der Waals surface area contributed by atoms with Gasteiger partial charge in [-0.1, -0.05) is 30.4 Å². The monoisotopic (exact) mass is 399 g/mol. The lowest BCUT2D eigenvalue weighted by Gasteiger charge is -2.20. The maximum Gasteiger partial charge on any atom is 0.416 e. The van der Waals surface area contributed by atoms with Gasteiger partial charge in [-0.05, 0) is 42.4 Å². The van der Waals surface area contributed by atoms with E-state index in [1.54, 1.807) is 12.1 Å². The van der Waals surface area contributed by atoms with Crippen molar-refractivity contribution in [2.45, 2.75) is 12.7 Å². The lowest BCUT2D eigenvalue weighted by atomic mass is 10.1. The molecular formula is C20H21ClF3NO2. The fraction of sp³-hybridized carbons (Fsp3) is 0.300. The molecule has 27 heavy (non-hydrogen) atoms. The predicted octanol–water partition coefficient (Wildman–Crippen LogP) is 5.04. The topological polar surface area (TPSA) is 21.7 Å². The van der Waals surface area contributed by atoms with Gasteiger partial charge in [0.25, 0.3) is 0 Å². The molecule has 7 heteroatoms. The molecule has 0 amide bonds. The van der Waals surface area contributed by atoms with Crippen LogP contribution in [0.5, 0.6) is 11.5 Å². The van der Waals surface area contributed by atoms with E-state index in [-0.39, 0.29) is 12.4 Å². The van der Waals surface area contributed by atoms with Gasteiger partial charge in [0.15, 0.2) is 11.5 Å². The summed E-state index contributed by atoms with van der Waals surface area (Å²) in [7, 11) is 1.95. The van der Waals surface area contributed by atoms with Gasteiger partial charge >= 0.3 is 6.18 Å². The fourth-order valence-corrected chi connectivity index (χ4v) is 2.75. The summed E-state index contributed by atoms with van der Waals surface area (Å²) in [6, 6.07) is 11.1. The van der Waals surface area contributed by atoms with Gasteiger partial charge < -0.3 is 9.47 Å². The Hall–Kier alpha value is -2.18. The zero-order chi connectivity index (χ0) is 18.6. The smallest absolute Gasteiger partial charge is 0.416 e. The maximum atomic E-state index is 12.7. The molecule has 0 unspecified atom stereocenters. The van der Waals surface area contributed by atoms with Gasteiger partial charge in [-0.3, -0.25) is 4.90 Å². The first-order valence-electron chi connectivity index (χ1n) is 8.33. The number of nitrogens with zero attached hydrogens (tertiary/aromatic N) is 1. The Bertz CT molecular complexity index is 793. The van der Waals surface area contributed by atoms with E-state index in [0.717, 1.165) is 29.2 Å². The third-order valence-electron chi connectivity index (χ3n) is 4.00. The van der Waals surface area contributed by atoms with E-state index in [4.69, 9.17) is 9.47 Å². The van der Waals surface area contributed by atoms with Crippen LogP contribution in [0.1, 0.15) is 16.7 Å². The van der Waals surface area contributed by atoms with Crippen LogP contribution >= 0.6 is 12.4 Å². The number of hydrogen-bond acceptors (Lipinski definition) is 3. The molecule has 0 bridgehead atoms. The number of halogens is 4. The molecule has 146 valence electrons. The van der Waals surface area contributed by atoms with Gasteiger partial charge in [-0.15, -0.1) is 12.4 Å². The summed E-state index contributed by atoms with van der Waals surface area (Å²) in [6.45, 7) is 2.42. The van der Waals surface area contributed by atoms with E-state index in [0.29, 0.717) is 31.9 Å². The van der Waals surface area contributed by atoms with Gasteiger partial charge in [-0.25, -0.2) is 0 Å². The van der Waals surface area contributed by atoms with Crippen LogP contribution in [0.3, 0.4) is 0 Å². The van der Waals surface area contributed by atoms with Crippen LogP contribution in [0, 0.1) is 0 Å². The second kappa shape index (κ2) is 9.15. The van der Waals surface area contributed by atoms with Crippen LogP contribution in [0.4, 0.5) is 13.2 Å². The average molecular weight is 400 g/mol. The van der Waals surface area contributed by atoms with Crippen molar-refractivity contribution in [3.63, 3.8) is 0 Å². The molecule has 0 atom stereocenters. The molecule has 3 rings (SSSR count). The summed E-state index contributed by atoms with van der Waals surface area (Å²) in [4.78, 5) is 2.06. The van der Waals surface area contributed by atoms with Crippen molar-refractivity contribution >= 4 is 18.5 Å². The van der Waals surface area contributed by atoms with E-state index in [9.17, 15) is 13.2 Å². The number of fused-ring (bicyclic) bond motifs is 1. The Morgan fingerprint density at radius 1 is 1.04 bits per heavy atom. The van der Waals surface area contributed by atoms with Crippen molar-refractivity contribution in [1.82, 2.24) is 4.90 Å². The number of hydrogen-bond donors (Lipinski definition) is 0. The highest BCUT2D eigenvalue weighted by Gasteiger charge is 2.30. The molecule has 0 aromatic heterocycles. The number of likely N-dealkylation sites (N-methyl/N-ethyl adjacent to an activating group) is 1. The molecule has 0 saturated carbocycles. The highest BCUT2D eigenvalue weighted by Crippen LogP contribution is 2.31. The molecule has 1 aliphatic rings. The Labute approximate surface area is 162 Å². The lowest BCUT2D eigenvalue weighted by molar-refractivity contribution is -0.137. The minimum atomic E-state index is -4.32. The van der Waals surface area contributed by atoms with Gasteiger partial charge in [0, 0.05) is 13.1 Å². The van der Waals surface area contributed by atoms with Crippen LogP contribution in [0.25, 0.3) is 6.08 Å². The quantitative estimate of drug-likeness (QED) is 0.702. The van der Waals surface area contributed by atoms with Crippen LogP contribution in [0.2, 0.25) is 0 Å². The number of rotatable bonds is 5. The minimum absolute atomic E-state index is 0. The summed E-state index contributed by atoms with van der Waals surface area (Å²) in [5.41, 5.74) is 0.987. The first kappa shape index (κ1) is 21.1. The molecular weight excluding hydrogens is 379 g/mol.